The summed E-state index contributed by atoms with van der Waals surface area (Å²) in [6.07, 6.45) is 3.83. The van der Waals surface area contributed by atoms with Crippen LogP contribution in [-0.4, -0.2) is 37.6 Å². The molecule has 158 valence electrons. The van der Waals surface area contributed by atoms with E-state index in [1.807, 2.05) is 92.3 Å². The van der Waals surface area contributed by atoms with E-state index in [1.165, 1.54) is 11.8 Å². The number of benzene rings is 2. The molecule has 0 bridgehead atoms. The molecule has 4 rings (SSSR count). The average molecular weight is 450 g/mol. The van der Waals surface area contributed by atoms with Gasteiger partial charge in [-0.2, -0.15) is 5.10 Å². The van der Waals surface area contributed by atoms with E-state index in [9.17, 15) is 4.79 Å². The van der Waals surface area contributed by atoms with Crippen LogP contribution in [-0.2, 0) is 4.79 Å². The third kappa shape index (κ3) is 4.43. The van der Waals surface area contributed by atoms with Crippen LogP contribution >= 0.6 is 24.0 Å². The predicted octanol–water partition coefficient (Wildman–Crippen LogP) is 5.55. The van der Waals surface area contributed by atoms with Gasteiger partial charge in [0, 0.05) is 23.4 Å². The Morgan fingerprint density at radius 2 is 1.94 bits per heavy atom. The Morgan fingerprint density at radius 3 is 2.61 bits per heavy atom. The van der Waals surface area contributed by atoms with Crippen LogP contribution in [0.25, 0.3) is 23.0 Å². The molecule has 0 atom stereocenters. The van der Waals surface area contributed by atoms with E-state index in [0.717, 1.165) is 28.3 Å². The number of thiocarbonyl (C=S) groups is 1. The maximum Gasteiger partial charge on any atom is 0.266 e. The van der Waals surface area contributed by atoms with Gasteiger partial charge in [0.15, 0.2) is 0 Å². The van der Waals surface area contributed by atoms with Crippen molar-refractivity contribution in [2.24, 2.45) is 0 Å². The van der Waals surface area contributed by atoms with Crippen molar-refractivity contribution in [3.8, 4) is 22.7 Å². The quantitative estimate of drug-likeness (QED) is 0.365. The van der Waals surface area contributed by atoms with E-state index in [2.05, 4.69) is 0 Å². The van der Waals surface area contributed by atoms with Crippen LogP contribution in [0.5, 0.6) is 5.75 Å². The summed E-state index contributed by atoms with van der Waals surface area (Å²) in [4.78, 5) is 15.2. The molecule has 1 aliphatic heterocycles. The Kier molecular flexibility index (Phi) is 6.25. The first kappa shape index (κ1) is 21.3. The van der Waals surface area contributed by atoms with Gasteiger partial charge in [-0.3, -0.25) is 9.69 Å². The normalized spacial score (nSPS) is 15.4. The van der Waals surface area contributed by atoms with E-state index in [1.54, 1.807) is 4.90 Å². The summed E-state index contributed by atoms with van der Waals surface area (Å²) in [5.74, 6) is 0.720. The lowest BCUT2D eigenvalue weighted by Crippen LogP contribution is -2.34. The lowest BCUT2D eigenvalue weighted by Gasteiger charge is -2.18. The summed E-state index contributed by atoms with van der Waals surface area (Å²) in [7, 11) is 0. The number of aromatic nitrogens is 2. The van der Waals surface area contributed by atoms with E-state index in [0.29, 0.717) is 15.8 Å². The molecule has 1 fully saturated rings. The highest BCUT2D eigenvalue weighted by Crippen LogP contribution is 2.36. The zero-order chi connectivity index (χ0) is 22.0. The lowest BCUT2D eigenvalue weighted by molar-refractivity contribution is -0.123. The van der Waals surface area contributed by atoms with Crippen LogP contribution in [0.3, 0.4) is 0 Å². The Hall–Kier alpha value is -2.90. The van der Waals surface area contributed by atoms with Gasteiger partial charge in [0.2, 0.25) is 0 Å². The van der Waals surface area contributed by atoms with E-state index >= 15 is 0 Å². The standard InChI is InChI=1S/C24H23N3O2S2/c1-4-29-20-12-8-9-17(13-20)22-18(15-26(25-22)19-10-6-5-7-11-19)14-21-23(28)27(16(2)3)24(30)31-21/h5-16H,4H2,1-3H3/b21-14-. The molecule has 2 aromatic carbocycles. The zero-order valence-corrected chi connectivity index (χ0v) is 19.2. The molecule has 1 amide bonds. The second kappa shape index (κ2) is 9.08. The molecule has 1 aromatic heterocycles. The Labute approximate surface area is 191 Å². The van der Waals surface area contributed by atoms with Gasteiger partial charge in [-0.1, -0.05) is 54.3 Å². The van der Waals surface area contributed by atoms with E-state index in [4.69, 9.17) is 22.1 Å². The highest BCUT2D eigenvalue weighted by atomic mass is 32.2. The van der Waals surface area contributed by atoms with Crippen molar-refractivity contribution in [2.75, 3.05) is 6.61 Å². The van der Waals surface area contributed by atoms with Crippen LogP contribution < -0.4 is 4.74 Å². The van der Waals surface area contributed by atoms with Crippen molar-refractivity contribution < 1.29 is 9.53 Å². The Balaban J connectivity index is 1.81. The fourth-order valence-electron chi connectivity index (χ4n) is 3.40. The Bertz CT molecular complexity index is 1150. The summed E-state index contributed by atoms with van der Waals surface area (Å²) in [5.41, 5.74) is 3.49. The van der Waals surface area contributed by atoms with Crippen LogP contribution in [0.2, 0.25) is 0 Å². The van der Waals surface area contributed by atoms with Gasteiger partial charge in [0.05, 0.1) is 17.2 Å². The van der Waals surface area contributed by atoms with Crippen molar-refractivity contribution in [3.63, 3.8) is 0 Å². The topological polar surface area (TPSA) is 47.4 Å². The number of ether oxygens (including phenoxy) is 1. The fraction of sp³-hybridized carbons (Fsp3) is 0.208. The number of carbonyl (C=O) groups excluding carboxylic acids is 1. The molecule has 1 aliphatic rings. The van der Waals surface area contributed by atoms with Crippen LogP contribution in [0.15, 0.2) is 65.7 Å². The molecule has 0 saturated carbocycles. The first-order valence-electron chi connectivity index (χ1n) is 10.1. The number of carbonyl (C=O) groups is 1. The highest BCUT2D eigenvalue weighted by Gasteiger charge is 2.34. The maximum absolute atomic E-state index is 12.9. The maximum atomic E-state index is 12.9. The predicted molar refractivity (Wildman–Crippen MR) is 130 cm³/mol. The minimum Gasteiger partial charge on any atom is -0.494 e. The third-order valence-corrected chi connectivity index (χ3v) is 6.14. The van der Waals surface area contributed by atoms with Gasteiger partial charge in [0.25, 0.3) is 5.91 Å². The average Bonchev–Trinajstić information content (AvgIpc) is 3.30. The summed E-state index contributed by atoms with van der Waals surface area (Å²) in [6, 6.07) is 17.8. The van der Waals surface area contributed by atoms with Crippen LogP contribution in [0, 0.1) is 0 Å². The van der Waals surface area contributed by atoms with Gasteiger partial charge < -0.3 is 4.74 Å². The molecule has 31 heavy (non-hydrogen) atoms. The monoisotopic (exact) mass is 449 g/mol. The summed E-state index contributed by atoms with van der Waals surface area (Å²) < 4.78 is 8.09. The lowest BCUT2D eigenvalue weighted by atomic mass is 10.1. The van der Waals surface area contributed by atoms with Crippen molar-refractivity contribution in [2.45, 2.75) is 26.8 Å². The van der Waals surface area contributed by atoms with Crippen LogP contribution in [0.1, 0.15) is 26.3 Å². The van der Waals surface area contributed by atoms with Crippen LogP contribution in [0.4, 0.5) is 0 Å². The van der Waals surface area contributed by atoms with E-state index in [-0.39, 0.29) is 11.9 Å². The van der Waals surface area contributed by atoms with Gasteiger partial charge in [-0.25, -0.2) is 4.68 Å². The molecule has 7 heteroatoms. The second-order valence-electron chi connectivity index (χ2n) is 7.32. The van der Waals surface area contributed by atoms with Crippen molar-refractivity contribution in [1.82, 2.24) is 14.7 Å². The highest BCUT2D eigenvalue weighted by molar-refractivity contribution is 8.26. The third-order valence-electron chi connectivity index (χ3n) is 4.81. The second-order valence-corrected chi connectivity index (χ2v) is 9.00. The first-order chi connectivity index (χ1) is 15.0. The van der Waals surface area contributed by atoms with Crippen molar-refractivity contribution in [3.05, 3.63) is 71.3 Å². The summed E-state index contributed by atoms with van der Waals surface area (Å²) >= 11 is 6.76. The van der Waals surface area contributed by atoms with E-state index < -0.39 is 0 Å². The number of para-hydroxylation sites is 1. The minimum absolute atomic E-state index is 0.0211. The van der Waals surface area contributed by atoms with Gasteiger partial charge in [-0.05, 0) is 51.1 Å². The number of nitrogens with zero attached hydrogens (tertiary/aromatic N) is 3. The van der Waals surface area contributed by atoms with Gasteiger partial charge in [-0.15, -0.1) is 0 Å². The number of rotatable bonds is 6. The van der Waals surface area contributed by atoms with Gasteiger partial charge in [0.1, 0.15) is 15.8 Å². The molecule has 0 N–H and O–H groups in total. The number of hydrogen-bond donors (Lipinski definition) is 0. The molecule has 0 radical (unpaired) electrons. The first-order valence-corrected chi connectivity index (χ1v) is 11.4. The molecular weight excluding hydrogens is 426 g/mol. The number of thioether (sulfide) groups is 1. The molecule has 0 unspecified atom stereocenters. The fourth-order valence-corrected chi connectivity index (χ4v) is 4.91. The number of amides is 1. The summed E-state index contributed by atoms with van der Waals surface area (Å²) in [5, 5.41) is 4.84. The minimum atomic E-state index is -0.0634. The zero-order valence-electron chi connectivity index (χ0n) is 17.6. The summed E-state index contributed by atoms with van der Waals surface area (Å²) in [6.45, 7) is 6.48. The molecule has 0 spiro atoms. The number of hydrogen-bond acceptors (Lipinski definition) is 5. The van der Waals surface area contributed by atoms with Crippen molar-refractivity contribution in [1.29, 1.82) is 0 Å². The Morgan fingerprint density at radius 1 is 1.16 bits per heavy atom. The molecular formula is C24H23N3O2S2. The molecule has 1 saturated heterocycles. The van der Waals surface area contributed by atoms with Gasteiger partial charge >= 0.3 is 0 Å². The van der Waals surface area contributed by atoms with Crippen molar-refractivity contribution >= 4 is 40.3 Å². The molecule has 0 aliphatic carbocycles. The smallest absolute Gasteiger partial charge is 0.266 e. The molecule has 3 aromatic rings. The largest absolute Gasteiger partial charge is 0.494 e. The molecule has 2 heterocycles. The SMILES string of the molecule is CCOc1cccc(-c2nn(-c3ccccc3)cc2/C=C2\SC(=S)N(C(C)C)C2=O)c1. The molecule has 5 nitrogen and oxygen atoms in total.